The number of ketones is 2. The molecule has 0 spiro atoms. The lowest BCUT2D eigenvalue weighted by atomic mass is 9.94. The van der Waals surface area contributed by atoms with Gasteiger partial charge in [0.2, 0.25) is 5.78 Å². The molecule has 1 aromatic heterocycles. The van der Waals surface area contributed by atoms with Gasteiger partial charge in [0.05, 0.1) is 0 Å². The van der Waals surface area contributed by atoms with Gasteiger partial charge < -0.3 is 4.42 Å². The molecule has 0 saturated heterocycles. The van der Waals surface area contributed by atoms with Crippen molar-refractivity contribution in [2.24, 2.45) is 0 Å². The fourth-order valence-electron chi connectivity index (χ4n) is 3.11. The van der Waals surface area contributed by atoms with Crippen molar-refractivity contribution in [2.75, 3.05) is 0 Å². The van der Waals surface area contributed by atoms with E-state index in [1.807, 2.05) is 6.07 Å². The third-order valence-corrected chi connectivity index (χ3v) is 4.55. The molecule has 0 aliphatic carbocycles. The minimum Gasteiger partial charge on any atom is -0.422 e. The van der Waals surface area contributed by atoms with E-state index < -0.39 is 17.2 Å². The van der Waals surface area contributed by atoms with Crippen LogP contribution >= 0.6 is 0 Å². The molecule has 0 atom stereocenters. The highest BCUT2D eigenvalue weighted by molar-refractivity contribution is 6.19. The lowest BCUT2D eigenvalue weighted by Gasteiger charge is -2.10. The van der Waals surface area contributed by atoms with Crippen LogP contribution in [-0.2, 0) is 0 Å². The fourth-order valence-corrected chi connectivity index (χ4v) is 3.11. The smallest absolute Gasteiger partial charge is 0.348 e. The maximum absolute atomic E-state index is 13.2. The van der Waals surface area contributed by atoms with Crippen molar-refractivity contribution in [3.63, 3.8) is 0 Å². The van der Waals surface area contributed by atoms with E-state index in [1.54, 1.807) is 84.9 Å². The van der Waals surface area contributed by atoms with Gasteiger partial charge in [0.1, 0.15) is 11.3 Å². The highest BCUT2D eigenvalue weighted by Crippen LogP contribution is 2.23. The summed E-state index contributed by atoms with van der Waals surface area (Å²) in [5.74, 6) is -0.715. The largest absolute Gasteiger partial charge is 0.422 e. The molecule has 4 heteroatoms. The van der Waals surface area contributed by atoms with Crippen molar-refractivity contribution in [3.05, 3.63) is 130 Å². The molecule has 140 valence electrons. The molecule has 1 heterocycles. The Labute approximate surface area is 167 Å². The molecule has 0 unspecified atom stereocenters. The number of hydrogen-bond acceptors (Lipinski definition) is 4. The molecule has 0 saturated carbocycles. The molecule has 4 nitrogen and oxygen atoms in total. The van der Waals surface area contributed by atoms with E-state index in [4.69, 9.17) is 4.42 Å². The SMILES string of the molecule is O=C(c1ccccc1)c1cc(-c2ccccc2)oc(=O)c1C(=O)c1ccccc1. The van der Waals surface area contributed by atoms with Crippen LogP contribution in [0.2, 0.25) is 0 Å². The van der Waals surface area contributed by atoms with Gasteiger partial charge in [-0.05, 0) is 6.07 Å². The van der Waals surface area contributed by atoms with Crippen molar-refractivity contribution in [2.45, 2.75) is 0 Å². The van der Waals surface area contributed by atoms with Crippen LogP contribution < -0.4 is 5.63 Å². The Kier molecular flexibility index (Phi) is 4.99. The summed E-state index contributed by atoms with van der Waals surface area (Å²) in [6, 6.07) is 27.4. The molecule has 0 radical (unpaired) electrons. The average Bonchev–Trinajstić information content (AvgIpc) is 2.79. The van der Waals surface area contributed by atoms with E-state index in [0.29, 0.717) is 16.7 Å². The minimum atomic E-state index is -0.834. The zero-order chi connectivity index (χ0) is 20.2. The van der Waals surface area contributed by atoms with Crippen molar-refractivity contribution < 1.29 is 14.0 Å². The third-order valence-electron chi connectivity index (χ3n) is 4.55. The maximum Gasteiger partial charge on any atom is 0.348 e. The molecular weight excluding hydrogens is 364 g/mol. The molecule has 4 rings (SSSR count). The Morgan fingerprint density at radius 1 is 0.621 bits per heavy atom. The number of benzene rings is 3. The second kappa shape index (κ2) is 7.90. The third kappa shape index (κ3) is 3.69. The Bertz CT molecular complexity index is 1220. The molecular formula is C25H16O4. The molecule has 0 bridgehead atoms. The summed E-state index contributed by atoms with van der Waals surface area (Å²) < 4.78 is 5.44. The van der Waals surface area contributed by atoms with Crippen molar-refractivity contribution >= 4 is 11.6 Å². The summed E-state index contributed by atoms with van der Waals surface area (Å²) in [6.07, 6.45) is 0. The van der Waals surface area contributed by atoms with Crippen LogP contribution in [0, 0.1) is 0 Å². The van der Waals surface area contributed by atoms with Crippen molar-refractivity contribution in [3.8, 4) is 11.3 Å². The first kappa shape index (κ1) is 18.3. The highest BCUT2D eigenvalue weighted by Gasteiger charge is 2.25. The molecule has 0 aliphatic rings. The van der Waals surface area contributed by atoms with E-state index in [2.05, 4.69) is 0 Å². The average molecular weight is 380 g/mol. The summed E-state index contributed by atoms with van der Waals surface area (Å²) in [5, 5.41) is 0. The van der Waals surface area contributed by atoms with Gasteiger partial charge in [0.25, 0.3) is 0 Å². The lowest BCUT2D eigenvalue weighted by molar-refractivity contribution is 0.0999. The second-order valence-corrected chi connectivity index (χ2v) is 6.44. The number of carbonyl (C=O) groups is 2. The van der Waals surface area contributed by atoms with Gasteiger partial charge >= 0.3 is 5.63 Å². The molecule has 3 aromatic carbocycles. The number of hydrogen-bond donors (Lipinski definition) is 0. The van der Waals surface area contributed by atoms with Crippen molar-refractivity contribution in [1.82, 2.24) is 0 Å². The Balaban J connectivity index is 1.94. The molecule has 29 heavy (non-hydrogen) atoms. The number of carbonyl (C=O) groups excluding carboxylic acids is 2. The molecule has 4 aromatic rings. The Morgan fingerprint density at radius 2 is 1.10 bits per heavy atom. The van der Waals surface area contributed by atoms with E-state index in [-0.39, 0.29) is 16.9 Å². The normalized spacial score (nSPS) is 10.5. The van der Waals surface area contributed by atoms with Gasteiger partial charge in [-0.3, -0.25) is 9.59 Å². The quantitative estimate of drug-likeness (QED) is 0.468. The standard InChI is InChI=1S/C25H16O4/c26-23(18-12-6-2-7-13-18)20-16-21(17-10-4-1-5-11-17)29-25(28)22(20)24(27)19-14-8-3-9-15-19/h1-16H. The summed E-state index contributed by atoms with van der Waals surface area (Å²) in [4.78, 5) is 39.1. The topological polar surface area (TPSA) is 64.3 Å². The van der Waals surface area contributed by atoms with Gasteiger partial charge in [-0.15, -0.1) is 0 Å². The predicted octanol–water partition coefficient (Wildman–Crippen LogP) is 4.77. The van der Waals surface area contributed by atoms with Gasteiger partial charge in [-0.2, -0.15) is 0 Å². The van der Waals surface area contributed by atoms with Crippen LogP contribution in [0.1, 0.15) is 31.8 Å². The molecule has 0 aliphatic heterocycles. The lowest BCUT2D eigenvalue weighted by Crippen LogP contribution is -2.21. The molecule has 0 N–H and O–H groups in total. The van der Waals surface area contributed by atoms with Gasteiger partial charge in [-0.25, -0.2) is 4.79 Å². The van der Waals surface area contributed by atoms with E-state index >= 15 is 0 Å². The summed E-state index contributed by atoms with van der Waals surface area (Å²) in [5.41, 5.74) is 0.281. The first-order chi connectivity index (χ1) is 14.1. The van der Waals surface area contributed by atoms with Crippen LogP contribution in [0.15, 0.2) is 106 Å². The van der Waals surface area contributed by atoms with Crippen LogP contribution in [-0.4, -0.2) is 11.6 Å². The Morgan fingerprint density at radius 3 is 1.66 bits per heavy atom. The van der Waals surface area contributed by atoms with Gasteiger partial charge in [0.15, 0.2) is 5.78 Å². The molecule has 0 amide bonds. The highest BCUT2D eigenvalue weighted by atomic mass is 16.4. The van der Waals surface area contributed by atoms with Gasteiger partial charge in [-0.1, -0.05) is 91.0 Å². The second-order valence-electron chi connectivity index (χ2n) is 6.44. The minimum absolute atomic E-state index is 0.0279. The zero-order valence-electron chi connectivity index (χ0n) is 15.4. The van der Waals surface area contributed by atoms with Crippen LogP contribution in [0.4, 0.5) is 0 Å². The monoisotopic (exact) mass is 380 g/mol. The van der Waals surface area contributed by atoms with Gasteiger partial charge in [0, 0.05) is 22.3 Å². The first-order valence-electron chi connectivity index (χ1n) is 9.08. The van der Waals surface area contributed by atoms with E-state index in [9.17, 15) is 14.4 Å². The summed E-state index contributed by atoms with van der Waals surface area (Å²) in [7, 11) is 0. The summed E-state index contributed by atoms with van der Waals surface area (Å²) in [6.45, 7) is 0. The van der Waals surface area contributed by atoms with Crippen LogP contribution in [0.3, 0.4) is 0 Å². The fraction of sp³-hybridized carbons (Fsp3) is 0. The van der Waals surface area contributed by atoms with Crippen molar-refractivity contribution in [1.29, 1.82) is 0 Å². The predicted molar refractivity (Wildman–Crippen MR) is 110 cm³/mol. The van der Waals surface area contributed by atoms with E-state index in [0.717, 1.165) is 0 Å². The zero-order valence-corrected chi connectivity index (χ0v) is 15.4. The maximum atomic E-state index is 13.2. The van der Waals surface area contributed by atoms with Crippen LogP contribution in [0.25, 0.3) is 11.3 Å². The first-order valence-corrected chi connectivity index (χ1v) is 9.08. The van der Waals surface area contributed by atoms with Crippen LogP contribution in [0.5, 0.6) is 0 Å². The van der Waals surface area contributed by atoms with E-state index in [1.165, 1.54) is 6.07 Å². The Hall–Kier alpha value is -4.05. The molecule has 0 fully saturated rings. The summed E-state index contributed by atoms with van der Waals surface area (Å²) >= 11 is 0. The number of rotatable bonds is 5.